The van der Waals surface area contributed by atoms with E-state index in [0.29, 0.717) is 13.2 Å². The van der Waals surface area contributed by atoms with Gasteiger partial charge in [0.2, 0.25) is 0 Å². The highest BCUT2D eigenvalue weighted by Gasteiger charge is 2.10. The zero-order chi connectivity index (χ0) is 14.2. The molecule has 0 aliphatic carbocycles. The monoisotopic (exact) mass is 276 g/mol. The Hall–Kier alpha value is -1.71. The van der Waals surface area contributed by atoms with Crippen LogP contribution in [-0.4, -0.2) is 25.6 Å². The molecule has 0 atom stereocenters. The van der Waals surface area contributed by atoms with Crippen molar-refractivity contribution in [2.45, 2.75) is 39.5 Å². The van der Waals surface area contributed by atoms with E-state index in [-0.39, 0.29) is 0 Å². The molecule has 110 valence electrons. The van der Waals surface area contributed by atoms with Crippen LogP contribution in [0.1, 0.15) is 39.5 Å². The summed E-state index contributed by atoms with van der Waals surface area (Å²) in [6, 6.07) is 5.88. The number of benzene rings is 1. The fraction of sp³-hybridized carbons (Fsp3) is 0.562. The van der Waals surface area contributed by atoms with Crippen LogP contribution in [0.5, 0.6) is 11.5 Å². The molecule has 1 aliphatic heterocycles. The van der Waals surface area contributed by atoms with Gasteiger partial charge in [-0.05, 0) is 38.8 Å². The van der Waals surface area contributed by atoms with Gasteiger partial charge in [0, 0.05) is 19.0 Å². The smallest absolute Gasteiger partial charge is 0.143 e. The Balaban J connectivity index is 2.17. The second-order valence-electron chi connectivity index (χ2n) is 4.79. The average molecular weight is 276 g/mol. The van der Waals surface area contributed by atoms with Gasteiger partial charge in [0.1, 0.15) is 17.3 Å². The lowest BCUT2D eigenvalue weighted by molar-refractivity contribution is 0.332. The fourth-order valence-corrected chi connectivity index (χ4v) is 2.28. The van der Waals surface area contributed by atoms with Crippen LogP contribution in [0, 0.1) is 0 Å². The Morgan fingerprint density at radius 3 is 2.75 bits per heavy atom. The Morgan fingerprint density at radius 1 is 1.10 bits per heavy atom. The van der Waals surface area contributed by atoms with Crippen LogP contribution in [0.4, 0.5) is 5.69 Å². The average Bonchev–Trinajstić information content (AvgIpc) is 2.71. The van der Waals surface area contributed by atoms with Crippen LogP contribution >= 0.6 is 0 Å². The molecule has 0 unspecified atom stereocenters. The van der Waals surface area contributed by atoms with E-state index in [2.05, 4.69) is 10.3 Å². The highest BCUT2D eigenvalue weighted by molar-refractivity contribution is 5.97. The van der Waals surface area contributed by atoms with Crippen molar-refractivity contribution in [3.63, 3.8) is 0 Å². The van der Waals surface area contributed by atoms with Gasteiger partial charge >= 0.3 is 0 Å². The van der Waals surface area contributed by atoms with Crippen molar-refractivity contribution < 1.29 is 9.47 Å². The van der Waals surface area contributed by atoms with Crippen molar-refractivity contribution in [2.24, 2.45) is 4.99 Å². The molecule has 0 fully saturated rings. The number of rotatable bonds is 5. The molecule has 0 saturated heterocycles. The van der Waals surface area contributed by atoms with Crippen molar-refractivity contribution in [2.75, 3.05) is 25.1 Å². The standard InChI is InChI=1S/C16H24N2O2/c1-3-19-13-9-10-15(20-4-2)14(12-13)18-16-8-6-5-7-11-17-16/h9-10,12H,3-8,11H2,1-2H3,(H,17,18). The Bertz CT molecular complexity index is 458. The molecule has 1 aliphatic rings. The summed E-state index contributed by atoms with van der Waals surface area (Å²) in [6.45, 7) is 6.20. The fourth-order valence-electron chi connectivity index (χ4n) is 2.28. The molecule has 4 nitrogen and oxygen atoms in total. The first-order valence-electron chi connectivity index (χ1n) is 7.53. The zero-order valence-corrected chi connectivity index (χ0v) is 12.4. The first-order valence-corrected chi connectivity index (χ1v) is 7.53. The molecule has 2 rings (SSSR count). The quantitative estimate of drug-likeness (QED) is 0.887. The lowest BCUT2D eigenvalue weighted by Crippen LogP contribution is -2.13. The Labute approximate surface area is 121 Å². The van der Waals surface area contributed by atoms with Crippen molar-refractivity contribution in [3.8, 4) is 11.5 Å². The van der Waals surface area contributed by atoms with Gasteiger partial charge < -0.3 is 14.8 Å². The molecule has 4 heteroatoms. The number of hydrogen-bond donors (Lipinski definition) is 1. The third kappa shape index (κ3) is 4.15. The van der Waals surface area contributed by atoms with Gasteiger partial charge in [0.05, 0.1) is 18.9 Å². The van der Waals surface area contributed by atoms with Crippen molar-refractivity contribution in [3.05, 3.63) is 18.2 Å². The van der Waals surface area contributed by atoms with Gasteiger partial charge in [0.15, 0.2) is 0 Å². The number of anilines is 1. The highest BCUT2D eigenvalue weighted by atomic mass is 16.5. The first kappa shape index (κ1) is 14.7. The maximum Gasteiger partial charge on any atom is 0.143 e. The van der Waals surface area contributed by atoms with Crippen molar-refractivity contribution >= 4 is 11.5 Å². The molecule has 0 amide bonds. The largest absolute Gasteiger partial charge is 0.494 e. The molecule has 0 aromatic heterocycles. The maximum atomic E-state index is 5.67. The van der Waals surface area contributed by atoms with Crippen LogP contribution < -0.4 is 14.8 Å². The van der Waals surface area contributed by atoms with Crippen LogP contribution in [0.3, 0.4) is 0 Å². The summed E-state index contributed by atoms with van der Waals surface area (Å²) in [5.41, 5.74) is 0.943. The van der Waals surface area contributed by atoms with Crippen molar-refractivity contribution in [1.29, 1.82) is 0 Å². The second kappa shape index (κ2) is 7.78. The number of aliphatic imine (C=N–C) groups is 1. The summed E-state index contributed by atoms with van der Waals surface area (Å²) in [7, 11) is 0. The summed E-state index contributed by atoms with van der Waals surface area (Å²) >= 11 is 0. The minimum absolute atomic E-state index is 0.648. The predicted octanol–water partition coefficient (Wildman–Crippen LogP) is 3.87. The maximum absolute atomic E-state index is 5.67. The predicted molar refractivity (Wildman–Crippen MR) is 83.2 cm³/mol. The van der Waals surface area contributed by atoms with Gasteiger partial charge in [-0.15, -0.1) is 0 Å². The van der Waals surface area contributed by atoms with E-state index in [1.807, 2.05) is 32.0 Å². The van der Waals surface area contributed by atoms with Crippen molar-refractivity contribution in [1.82, 2.24) is 0 Å². The molecule has 0 spiro atoms. The van der Waals surface area contributed by atoms with Gasteiger partial charge in [0.25, 0.3) is 0 Å². The van der Waals surface area contributed by atoms with E-state index < -0.39 is 0 Å². The number of amidine groups is 1. The summed E-state index contributed by atoms with van der Waals surface area (Å²) in [6.07, 6.45) is 4.64. The molecule has 1 aromatic rings. The van der Waals surface area contributed by atoms with Crippen LogP contribution in [0.2, 0.25) is 0 Å². The van der Waals surface area contributed by atoms with E-state index in [4.69, 9.17) is 9.47 Å². The number of ether oxygens (including phenoxy) is 2. The lowest BCUT2D eigenvalue weighted by atomic mass is 10.2. The summed E-state index contributed by atoms with van der Waals surface area (Å²) < 4.78 is 11.2. The van der Waals surface area contributed by atoms with E-state index in [0.717, 1.165) is 36.0 Å². The minimum atomic E-state index is 0.648. The minimum Gasteiger partial charge on any atom is -0.494 e. The molecule has 1 N–H and O–H groups in total. The van der Waals surface area contributed by atoms with Crippen LogP contribution in [0.25, 0.3) is 0 Å². The number of nitrogens with zero attached hydrogens (tertiary/aromatic N) is 1. The third-order valence-corrected chi connectivity index (χ3v) is 3.22. The SMILES string of the molecule is CCOc1ccc(OCC)c(NC2=NCCCCC2)c1. The molecule has 0 radical (unpaired) electrons. The molecule has 20 heavy (non-hydrogen) atoms. The molecule has 1 heterocycles. The molecule has 1 aromatic carbocycles. The summed E-state index contributed by atoms with van der Waals surface area (Å²) in [4.78, 5) is 4.60. The summed E-state index contributed by atoms with van der Waals surface area (Å²) in [5.74, 6) is 2.76. The van der Waals surface area contributed by atoms with Gasteiger partial charge in [-0.1, -0.05) is 6.42 Å². The van der Waals surface area contributed by atoms with E-state index in [1.54, 1.807) is 0 Å². The lowest BCUT2D eigenvalue weighted by Gasteiger charge is -2.15. The van der Waals surface area contributed by atoms with E-state index in [9.17, 15) is 0 Å². The topological polar surface area (TPSA) is 42.9 Å². The van der Waals surface area contributed by atoms with Crippen LogP contribution in [0.15, 0.2) is 23.2 Å². The normalized spacial score (nSPS) is 15.2. The summed E-state index contributed by atoms with van der Waals surface area (Å²) in [5, 5.41) is 3.42. The van der Waals surface area contributed by atoms with E-state index >= 15 is 0 Å². The Morgan fingerprint density at radius 2 is 1.95 bits per heavy atom. The Kier molecular flexibility index (Phi) is 5.71. The highest BCUT2D eigenvalue weighted by Crippen LogP contribution is 2.30. The molecule has 0 bridgehead atoms. The molecular weight excluding hydrogens is 252 g/mol. The second-order valence-corrected chi connectivity index (χ2v) is 4.79. The molecule has 0 saturated carbocycles. The van der Waals surface area contributed by atoms with Gasteiger partial charge in [-0.25, -0.2) is 0 Å². The van der Waals surface area contributed by atoms with Gasteiger partial charge in [-0.2, -0.15) is 0 Å². The third-order valence-electron chi connectivity index (χ3n) is 3.22. The van der Waals surface area contributed by atoms with Gasteiger partial charge in [-0.3, -0.25) is 4.99 Å². The number of hydrogen-bond acceptors (Lipinski definition) is 4. The van der Waals surface area contributed by atoms with E-state index in [1.165, 1.54) is 19.3 Å². The van der Waals surface area contributed by atoms with Crippen LogP contribution in [-0.2, 0) is 0 Å². The number of nitrogens with one attached hydrogen (secondary N) is 1. The zero-order valence-electron chi connectivity index (χ0n) is 12.4. The molecular formula is C16H24N2O2. The first-order chi connectivity index (χ1) is 9.83.